The zero-order valence-electron chi connectivity index (χ0n) is 18.2. The van der Waals surface area contributed by atoms with Gasteiger partial charge in [-0.2, -0.15) is 0 Å². The SMILES string of the molecule is COc1ccc(CN2CCN(C(=O)c3cccc(F)c3)CC2)cc1OCc1ccccc1. The first-order valence-corrected chi connectivity index (χ1v) is 10.7. The van der Waals surface area contributed by atoms with Gasteiger partial charge >= 0.3 is 0 Å². The number of benzene rings is 3. The van der Waals surface area contributed by atoms with E-state index in [0.717, 1.165) is 30.8 Å². The van der Waals surface area contributed by atoms with Gasteiger partial charge in [-0.05, 0) is 41.5 Å². The van der Waals surface area contributed by atoms with E-state index in [4.69, 9.17) is 9.47 Å². The Kier molecular flexibility index (Phi) is 7.02. The van der Waals surface area contributed by atoms with Gasteiger partial charge in [-0.3, -0.25) is 9.69 Å². The number of ether oxygens (including phenoxy) is 2. The molecule has 166 valence electrons. The van der Waals surface area contributed by atoms with E-state index in [1.807, 2.05) is 48.5 Å². The molecule has 0 unspecified atom stereocenters. The molecular weight excluding hydrogens is 407 g/mol. The lowest BCUT2D eigenvalue weighted by Crippen LogP contribution is -2.48. The van der Waals surface area contributed by atoms with Crippen LogP contribution in [-0.2, 0) is 13.2 Å². The average molecular weight is 435 g/mol. The summed E-state index contributed by atoms with van der Waals surface area (Å²) in [5.41, 5.74) is 2.62. The summed E-state index contributed by atoms with van der Waals surface area (Å²) in [5.74, 6) is 0.911. The summed E-state index contributed by atoms with van der Waals surface area (Å²) in [7, 11) is 1.64. The highest BCUT2D eigenvalue weighted by molar-refractivity contribution is 5.94. The highest BCUT2D eigenvalue weighted by Gasteiger charge is 2.22. The number of amides is 1. The van der Waals surface area contributed by atoms with Crippen LogP contribution in [0.2, 0.25) is 0 Å². The molecule has 0 spiro atoms. The molecule has 1 aliphatic rings. The third-order valence-corrected chi connectivity index (χ3v) is 5.60. The molecule has 0 aliphatic carbocycles. The second-order valence-corrected chi connectivity index (χ2v) is 7.84. The first kappa shape index (κ1) is 21.8. The van der Waals surface area contributed by atoms with Crippen molar-refractivity contribution in [1.29, 1.82) is 0 Å². The third kappa shape index (κ3) is 5.45. The molecule has 0 atom stereocenters. The van der Waals surface area contributed by atoms with Crippen LogP contribution in [0.15, 0.2) is 72.8 Å². The van der Waals surface area contributed by atoms with Crippen molar-refractivity contribution >= 4 is 5.91 Å². The van der Waals surface area contributed by atoms with Gasteiger partial charge in [0.2, 0.25) is 0 Å². The fraction of sp³-hybridized carbons (Fsp3) is 0.269. The maximum Gasteiger partial charge on any atom is 0.254 e. The Bertz CT molecular complexity index is 1050. The summed E-state index contributed by atoms with van der Waals surface area (Å²) in [5, 5.41) is 0. The number of hydrogen-bond donors (Lipinski definition) is 0. The minimum absolute atomic E-state index is 0.120. The molecule has 1 aliphatic heterocycles. The minimum atomic E-state index is -0.390. The lowest BCUT2D eigenvalue weighted by Gasteiger charge is -2.35. The minimum Gasteiger partial charge on any atom is -0.493 e. The smallest absolute Gasteiger partial charge is 0.254 e. The molecule has 5 nitrogen and oxygen atoms in total. The second-order valence-electron chi connectivity index (χ2n) is 7.84. The van der Waals surface area contributed by atoms with Crippen molar-refractivity contribution in [2.45, 2.75) is 13.2 Å². The standard InChI is InChI=1S/C26H27FN2O3/c1-31-24-11-10-21(16-25(24)32-19-20-6-3-2-4-7-20)18-28-12-14-29(15-13-28)26(30)22-8-5-9-23(27)17-22/h2-11,16-17H,12-15,18-19H2,1H3. The summed E-state index contributed by atoms with van der Waals surface area (Å²) in [4.78, 5) is 16.7. The van der Waals surface area contributed by atoms with E-state index in [9.17, 15) is 9.18 Å². The Balaban J connectivity index is 1.35. The van der Waals surface area contributed by atoms with Gasteiger partial charge in [0, 0.05) is 38.3 Å². The van der Waals surface area contributed by atoms with E-state index < -0.39 is 0 Å². The van der Waals surface area contributed by atoms with Crippen LogP contribution in [0, 0.1) is 5.82 Å². The first-order chi connectivity index (χ1) is 15.6. The molecule has 32 heavy (non-hydrogen) atoms. The molecule has 0 aromatic heterocycles. The number of carbonyl (C=O) groups excluding carboxylic acids is 1. The van der Waals surface area contributed by atoms with Gasteiger partial charge < -0.3 is 14.4 Å². The molecule has 1 saturated heterocycles. The number of nitrogens with zero attached hydrogens (tertiary/aromatic N) is 2. The quantitative estimate of drug-likeness (QED) is 0.554. The molecule has 6 heteroatoms. The van der Waals surface area contributed by atoms with Crippen molar-refractivity contribution in [2.75, 3.05) is 33.3 Å². The molecule has 3 aromatic rings. The van der Waals surface area contributed by atoms with Gasteiger partial charge in [-0.1, -0.05) is 42.5 Å². The predicted octanol–water partition coefficient (Wildman–Crippen LogP) is 4.37. The maximum absolute atomic E-state index is 13.4. The number of piperazine rings is 1. The number of methoxy groups -OCH3 is 1. The van der Waals surface area contributed by atoms with Gasteiger partial charge in [0.25, 0.3) is 5.91 Å². The van der Waals surface area contributed by atoms with Crippen molar-refractivity contribution in [3.05, 3.63) is 95.3 Å². The molecule has 0 bridgehead atoms. The summed E-state index contributed by atoms with van der Waals surface area (Å²) in [6.07, 6.45) is 0. The molecule has 1 fully saturated rings. The van der Waals surface area contributed by atoms with Crippen molar-refractivity contribution in [1.82, 2.24) is 9.80 Å². The van der Waals surface area contributed by atoms with E-state index in [-0.39, 0.29) is 11.7 Å². The number of rotatable bonds is 7. The van der Waals surface area contributed by atoms with Crippen LogP contribution >= 0.6 is 0 Å². The number of hydrogen-bond acceptors (Lipinski definition) is 4. The summed E-state index contributed by atoms with van der Waals surface area (Å²) >= 11 is 0. The predicted molar refractivity (Wildman–Crippen MR) is 121 cm³/mol. The van der Waals surface area contributed by atoms with Crippen LogP contribution in [0.5, 0.6) is 11.5 Å². The number of halogens is 1. The van der Waals surface area contributed by atoms with Gasteiger partial charge in [0.1, 0.15) is 12.4 Å². The Morgan fingerprint density at radius 1 is 0.875 bits per heavy atom. The molecule has 0 saturated carbocycles. The Labute approximate surface area is 188 Å². The highest BCUT2D eigenvalue weighted by Crippen LogP contribution is 2.29. The van der Waals surface area contributed by atoms with Crippen LogP contribution in [-0.4, -0.2) is 49.0 Å². The lowest BCUT2D eigenvalue weighted by molar-refractivity contribution is 0.0628. The second kappa shape index (κ2) is 10.3. The van der Waals surface area contributed by atoms with E-state index in [2.05, 4.69) is 4.90 Å². The van der Waals surface area contributed by atoms with Crippen LogP contribution < -0.4 is 9.47 Å². The van der Waals surface area contributed by atoms with Crippen LogP contribution in [0.3, 0.4) is 0 Å². The van der Waals surface area contributed by atoms with E-state index >= 15 is 0 Å². The molecule has 0 radical (unpaired) electrons. The molecular formula is C26H27FN2O3. The molecule has 1 amide bonds. The molecule has 1 heterocycles. The highest BCUT2D eigenvalue weighted by atomic mass is 19.1. The zero-order chi connectivity index (χ0) is 22.3. The van der Waals surface area contributed by atoms with Crippen molar-refractivity contribution in [3.63, 3.8) is 0 Å². The summed E-state index contributed by atoms with van der Waals surface area (Å²) in [6.45, 7) is 3.97. The fourth-order valence-corrected chi connectivity index (χ4v) is 3.84. The fourth-order valence-electron chi connectivity index (χ4n) is 3.84. The molecule has 4 rings (SSSR count). The summed E-state index contributed by atoms with van der Waals surface area (Å²) in [6, 6.07) is 21.9. The van der Waals surface area contributed by atoms with Crippen LogP contribution in [0.1, 0.15) is 21.5 Å². The van der Waals surface area contributed by atoms with Crippen molar-refractivity contribution in [2.24, 2.45) is 0 Å². The Morgan fingerprint density at radius 3 is 2.38 bits per heavy atom. The van der Waals surface area contributed by atoms with E-state index in [1.165, 1.54) is 12.1 Å². The Morgan fingerprint density at radius 2 is 1.66 bits per heavy atom. The normalized spacial score (nSPS) is 14.2. The average Bonchev–Trinajstić information content (AvgIpc) is 2.83. The van der Waals surface area contributed by atoms with Crippen molar-refractivity contribution < 1.29 is 18.7 Å². The van der Waals surface area contributed by atoms with Crippen molar-refractivity contribution in [3.8, 4) is 11.5 Å². The lowest BCUT2D eigenvalue weighted by atomic mass is 10.1. The first-order valence-electron chi connectivity index (χ1n) is 10.7. The maximum atomic E-state index is 13.4. The van der Waals surface area contributed by atoms with Crippen LogP contribution in [0.25, 0.3) is 0 Å². The van der Waals surface area contributed by atoms with Gasteiger partial charge in [0.15, 0.2) is 11.5 Å². The zero-order valence-corrected chi connectivity index (χ0v) is 18.2. The largest absolute Gasteiger partial charge is 0.493 e. The van der Waals surface area contributed by atoms with E-state index in [1.54, 1.807) is 24.1 Å². The van der Waals surface area contributed by atoms with E-state index in [0.29, 0.717) is 36.8 Å². The summed E-state index contributed by atoms with van der Waals surface area (Å²) < 4.78 is 24.9. The number of carbonyl (C=O) groups is 1. The van der Waals surface area contributed by atoms with Crippen LogP contribution in [0.4, 0.5) is 4.39 Å². The molecule has 3 aromatic carbocycles. The monoisotopic (exact) mass is 434 g/mol. The van der Waals surface area contributed by atoms with Gasteiger partial charge in [-0.15, -0.1) is 0 Å². The topological polar surface area (TPSA) is 42.0 Å². The van der Waals surface area contributed by atoms with Gasteiger partial charge in [0.05, 0.1) is 7.11 Å². The third-order valence-electron chi connectivity index (χ3n) is 5.60. The van der Waals surface area contributed by atoms with Gasteiger partial charge in [-0.25, -0.2) is 4.39 Å². The Hall–Kier alpha value is -3.38. The molecule has 0 N–H and O–H groups in total.